The van der Waals surface area contributed by atoms with E-state index >= 15 is 0 Å². The van der Waals surface area contributed by atoms with Crippen LogP contribution in [0.5, 0.6) is 0 Å². The van der Waals surface area contributed by atoms with Gasteiger partial charge in [0.1, 0.15) is 6.33 Å². The molecule has 0 fully saturated rings. The highest BCUT2D eigenvalue weighted by molar-refractivity contribution is 6.08. The molecule has 0 aliphatic carbocycles. The maximum atomic E-state index is 12.3. The van der Waals surface area contributed by atoms with Gasteiger partial charge in [0.15, 0.2) is 0 Å². The lowest BCUT2D eigenvalue weighted by molar-refractivity contribution is -0.384. The van der Waals surface area contributed by atoms with Crippen LogP contribution >= 0.6 is 0 Å². The van der Waals surface area contributed by atoms with E-state index in [0.717, 1.165) is 0 Å². The van der Waals surface area contributed by atoms with E-state index in [4.69, 9.17) is 0 Å². The van der Waals surface area contributed by atoms with Crippen molar-refractivity contribution < 1.29 is 9.72 Å². The van der Waals surface area contributed by atoms with Crippen molar-refractivity contribution in [1.82, 2.24) is 9.97 Å². The van der Waals surface area contributed by atoms with Crippen LogP contribution in [0.3, 0.4) is 0 Å². The summed E-state index contributed by atoms with van der Waals surface area (Å²) >= 11 is 0. The van der Waals surface area contributed by atoms with E-state index in [0.29, 0.717) is 17.9 Å². The number of hydrogen-bond acceptors (Lipinski definition) is 6. The normalized spacial score (nSPS) is 9.95. The van der Waals surface area contributed by atoms with Gasteiger partial charge in [0.25, 0.3) is 11.6 Å². The second-order valence-electron chi connectivity index (χ2n) is 4.10. The van der Waals surface area contributed by atoms with Crippen molar-refractivity contribution in [3.8, 4) is 0 Å². The first-order valence-corrected chi connectivity index (χ1v) is 6.20. The van der Waals surface area contributed by atoms with Crippen molar-refractivity contribution in [1.29, 1.82) is 0 Å². The minimum atomic E-state index is -0.544. The van der Waals surface area contributed by atoms with Crippen molar-refractivity contribution in [2.75, 3.05) is 17.2 Å². The first kappa shape index (κ1) is 14.4. The largest absolute Gasteiger partial charge is 0.385 e. The van der Waals surface area contributed by atoms with Gasteiger partial charge in [0.2, 0.25) is 0 Å². The Morgan fingerprint density at radius 2 is 2.05 bits per heavy atom. The van der Waals surface area contributed by atoms with E-state index in [1.807, 2.05) is 6.92 Å². The van der Waals surface area contributed by atoms with Crippen LogP contribution in [0.25, 0.3) is 0 Å². The highest BCUT2D eigenvalue weighted by Crippen LogP contribution is 2.23. The third kappa shape index (κ3) is 3.50. The molecule has 2 aromatic rings. The zero-order chi connectivity index (χ0) is 15.2. The maximum Gasteiger partial charge on any atom is 0.270 e. The average Bonchev–Trinajstić information content (AvgIpc) is 2.48. The van der Waals surface area contributed by atoms with Gasteiger partial charge in [-0.1, -0.05) is 0 Å². The predicted molar refractivity (Wildman–Crippen MR) is 77.2 cm³/mol. The second-order valence-corrected chi connectivity index (χ2v) is 4.10. The molecule has 0 unspecified atom stereocenters. The Kier molecular flexibility index (Phi) is 4.39. The Morgan fingerprint density at radius 1 is 1.33 bits per heavy atom. The fourth-order valence-electron chi connectivity index (χ4n) is 1.74. The average molecular weight is 287 g/mol. The van der Waals surface area contributed by atoms with Crippen molar-refractivity contribution in [3.05, 3.63) is 52.6 Å². The van der Waals surface area contributed by atoms with Crippen LogP contribution in [0.15, 0.2) is 36.9 Å². The topological polar surface area (TPSA) is 110 Å². The number of carbonyl (C=O) groups excluding carboxylic acids is 1. The number of benzene rings is 1. The number of aromatic nitrogens is 2. The fraction of sp³-hybridized carbons (Fsp3) is 0.154. The Hall–Kier alpha value is -3.03. The summed E-state index contributed by atoms with van der Waals surface area (Å²) in [4.78, 5) is 30.1. The molecule has 0 aliphatic rings. The van der Waals surface area contributed by atoms with Gasteiger partial charge in [-0.3, -0.25) is 14.9 Å². The third-order valence-corrected chi connectivity index (χ3v) is 2.64. The Bertz CT molecular complexity index is 660. The fourth-order valence-corrected chi connectivity index (χ4v) is 1.74. The van der Waals surface area contributed by atoms with E-state index in [9.17, 15) is 14.9 Å². The van der Waals surface area contributed by atoms with Gasteiger partial charge < -0.3 is 10.6 Å². The zero-order valence-corrected chi connectivity index (χ0v) is 11.2. The molecular formula is C13H13N5O3. The molecule has 0 saturated heterocycles. The minimum absolute atomic E-state index is 0.147. The smallest absolute Gasteiger partial charge is 0.270 e. The molecule has 2 N–H and O–H groups in total. The van der Waals surface area contributed by atoms with E-state index in [-0.39, 0.29) is 11.3 Å². The number of nitro benzene ring substituents is 1. The standard InChI is InChI=1S/C13H13N5O3/c1-2-16-12-4-3-10(18(20)21)5-11(12)13(19)17-9-6-14-8-15-7-9/h3-8,16H,2H2,1H3,(H,17,19). The van der Waals surface area contributed by atoms with Gasteiger partial charge in [0, 0.05) is 24.4 Å². The number of amides is 1. The molecule has 0 bridgehead atoms. The third-order valence-electron chi connectivity index (χ3n) is 2.64. The summed E-state index contributed by atoms with van der Waals surface area (Å²) in [6.45, 7) is 2.46. The van der Waals surface area contributed by atoms with Crippen molar-refractivity contribution in [2.45, 2.75) is 6.92 Å². The Labute approximate surface area is 120 Å². The molecule has 2 rings (SSSR count). The maximum absolute atomic E-state index is 12.3. The van der Waals surface area contributed by atoms with Gasteiger partial charge in [0.05, 0.1) is 28.6 Å². The van der Waals surface area contributed by atoms with Crippen LogP contribution in [0.2, 0.25) is 0 Å². The summed E-state index contributed by atoms with van der Waals surface area (Å²) in [5.41, 5.74) is 0.981. The van der Waals surface area contributed by atoms with E-state index in [2.05, 4.69) is 20.6 Å². The SMILES string of the molecule is CCNc1ccc([N+](=O)[O-])cc1C(=O)Nc1cncnc1. The number of nitro groups is 1. The van der Waals surface area contributed by atoms with Crippen molar-refractivity contribution >= 4 is 23.0 Å². The molecule has 0 aliphatic heterocycles. The first-order chi connectivity index (χ1) is 10.1. The van der Waals surface area contributed by atoms with Crippen LogP contribution in [0, 0.1) is 10.1 Å². The van der Waals surface area contributed by atoms with Crippen LogP contribution in [0.4, 0.5) is 17.1 Å². The van der Waals surface area contributed by atoms with E-state index in [1.165, 1.54) is 36.9 Å². The quantitative estimate of drug-likeness (QED) is 0.643. The number of non-ortho nitro benzene ring substituents is 1. The summed E-state index contributed by atoms with van der Waals surface area (Å²) in [7, 11) is 0. The number of rotatable bonds is 5. The molecule has 0 atom stereocenters. The van der Waals surface area contributed by atoms with Crippen LogP contribution in [-0.2, 0) is 0 Å². The minimum Gasteiger partial charge on any atom is -0.385 e. The van der Waals surface area contributed by atoms with E-state index in [1.54, 1.807) is 0 Å². The van der Waals surface area contributed by atoms with Crippen LogP contribution < -0.4 is 10.6 Å². The molecular weight excluding hydrogens is 274 g/mol. The zero-order valence-electron chi connectivity index (χ0n) is 11.2. The second kappa shape index (κ2) is 6.42. The van der Waals surface area contributed by atoms with Gasteiger partial charge >= 0.3 is 0 Å². The lowest BCUT2D eigenvalue weighted by Gasteiger charge is -2.10. The number of nitrogens with one attached hydrogen (secondary N) is 2. The molecule has 8 nitrogen and oxygen atoms in total. The molecule has 1 aromatic carbocycles. The Balaban J connectivity index is 2.33. The number of nitrogens with zero attached hydrogens (tertiary/aromatic N) is 3. The summed E-state index contributed by atoms with van der Waals surface area (Å²) in [6.07, 6.45) is 4.22. The lowest BCUT2D eigenvalue weighted by atomic mass is 10.1. The van der Waals surface area contributed by atoms with Gasteiger partial charge in [-0.05, 0) is 13.0 Å². The molecule has 21 heavy (non-hydrogen) atoms. The van der Waals surface area contributed by atoms with Gasteiger partial charge in [-0.15, -0.1) is 0 Å². The highest BCUT2D eigenvalue weighted by Gasteiger charge is 2.16. The van der Waals surface area contributed by atoms with Crippen LogP contribution in [0.1, 0.15) is 17.3 Å². The molecule has 0 saturated carbocycles. The predicted octanol–water partition coefficient (Wildman–Crippen LogP) is 2.07. The number of hydrogen-bond donors (Lipinski definition) is 2. The van der Waals surface area contributed by atoms with Crippen LogP contribution in [-0.4, -0.2) is 27.3 Å². The summed E-state index contributed by atoms with van der Waals surface area (Å²) in [6, 6.07) is 4.09. The van der Waals surface area contributed by atoms with E-state index < -0.39 is 10.8 Å². The monoisotopic (exact) mass is 287 g/mol. The number of anilines is 2. The summed E-state index contributed by atoms with van der Waals surface area (Å²) in [5, 5.41) is 16.4. The van der Waals surface area contributed by atoms with Gasteiger partial charge in [-0.25, -0.2) is 9.97 Å². The lowest BCUT2D eigenvalue weighted by Crippen LogP contribution is -2.15. The summed E-state index contributed by atoms with van der Waals surface area (Å²) in [5.74, 6) is -0.468. The molecule has 108 valence electrons. The first-order valence-electron chi connectivity index (χ1n) is 6.20. The van der Waals surface area contributed by atoms with Gasteiger partial charge in [-0.2, -0.15) is 0 Å². The molecule has 1 amide bonds. The highest BCUT2D eigenvalue weighted by atomic mass is 16.6. The van der Waals surface area contributed by atoms with Crippen molar-refractivity contribution in [3.63, 3.8) is 0 Å². The Morgan fingerprint density at radius 3 is 2.67 bits per heavy atom. The molecule has 1 aromatic heterocycles. The molecule has 0 radical (unpaired) electrons. The molecule has 8 heteroatoms. The molecule has 0 spiro atoms. The number of carbonyl (C=O) groups is 1. The summed E-state index contributed by atoms with van der Waals surface area (Å²) < 4.78 is 0. The molecule has 1 heterocycles. The van der Waals surface area contributed by atoms with Crippen molar-refractivity contribution in [2.24, 2.45) is 0 Å².